The summed E-state index contributed by atoms with van der Waals surface area (Å²) in [5.74, 6) is -0.324. The third kappa shape index (κ3) is 2.11. The van der Waals surface area contributed by atoms with Crippen molar-refractivity contribution >= 4 is 5.82 Å². The van der Waals surface area contributed by atoms with Crippen LogP contribution in [0, 0.1) is 12.7 Å². The Morgan fingerprint density at radius 3 is 2.61 bits per heavy atom. The normalized spacial score (nSPS) is 10.6. The summed E-state index contributed by atoms with van der Waals surface area (Å²) in [6, 6.07) is 4.01. The average molecular weight is 247 g/mol. The molecule has 5 heteroatoms. The van der Waals surface area contributed by atoms with Gasteiger partial charge in [-0.05, 0) is 31.5 Å². The third-order valence-corrected chi connectivity index (χ3v) is 2.81. The molecule has 0 aliphatic rings. The molecular formula is C13H14FN3O. The minimum absolute atomic E-state index is 0.362. The summed E-state index contributed by atoms with van der Waals surface area (Å²) in [5.41, 5.74) is 8.02. The standard InChI is InChI=1S/C13H14FN3O/c1-3-9-7(2)16-13(17-12(9)15)8-4-5-11(18)10(14)6-8/h4-6,18H,3H2,1-2H3,(H2,15,16,17). The van der Waals surface area contributed by atoms with Crippen molar-refractivity contribution in [3.63, 3.8) is 0 Å². The molecule has 0 saturated carbocycles. The summed E-state index contributed by atoms with van der Waals surface area (Å²) in [4.78, 5) is 8.47. The van der Waals surface area contributed by atoms with Crippen molar-refractivity contribution in [2.24, 2.45) is 0 Å². The van der Waals surface area contributed by atoms with Gasteiger partial charge < -0.3 is 10.8 Å². The summed E-state index contributed by atoms with van der Waals surface area (Å²) in [6.45, 7) is 3.82. The largest absolute Gasteiger partial charge is 0.505 e. The maximum atomic E-state index is 13.3. The van der Waals surface area contributed by atoms with E-state index in [1.807, 2.05) is 13.8 Å². The van der Waals surface area contributed by atoms with Gasteiger partial charge in [0.25, 0.3) is 0 Å². The zero-order valence-corrected chi connectivity index (χ0v) is 10.2. The first-order valence-electron chi connectivity index (χ1n) is 5.64. The van der Waals surface area contributed by atoms with Gasteiger partial charge in [0.05, 0.1) is 0 Å². The van der Waals surface area contributed by atoms with E-state index in [2.05, 4.69) is 9.97 Å². The predicted molar refractivity (Wildman–Crippen MR) is 67.6 cm³/mol. The first kappa shape index (κ1) is 12.3. The number of nitrogens with two attached hydrogens (primary N) is 1. The molecule has 2 rings (SSSR count). The van der Waals surface area contributed by atoms with Gasteiger partial charge >= 0.3 is 0 Å². The molecule has 0 radical (unpaired) electrons. The van der Waals surface area contributed by atoms with Crippen LogP contribution in [0.25, 0.3) is 11.4 Å². The number of anilines is 1. The first-order valence-corrected chi connectivity index (χ1v) is 5.64. The van der Waals surface area contributed by atoms with Crippen LogP contribution in [0.15, 0.2) is 18.2 Å². The van der Waals surface area contributed by atoms with Crippen molar-refractivity contribution in [1.29, 1.82) is 0 Å². The van der Waals surface area contributed by atoms with E-state index < -0.39 is 11.6 Å². The Bertz CT molecular complexity index is 576. The van der Waals surface area contributed by atoms with Crippen LogP contribution in [-0.2, 0) is 6.42 Å². The third-order valence-electron chi connectivity index (χ3n) is 2.81. The van der Waals surface area contributed by atoms with Gasteiger partial charge in [-0.1, -0.05) is 6.92 Å². The zero-order valence-electron chi connectivity index (χ0n) is 10.2. The lowest BCUT2D eigenvalue weighted by Crippen LogP contribution is -2.04. The SMILES string of the molecule is CCc1c(C)nc(-c2ccc(O)c(F)c2)nc1N. The Kier molecular flexibility index (Phi) is 3.14. The number of rotatable bonds is 2. The minimum atomic E-state index is -0.702. The maximum Gasteiger partial charge on any atom is 0.165 e. The summed E-state index contributed by atoms with van der Waals surface area (Å²) in [7, 11) is 0. The molecule has 0 saturated heterocycles. The number of phenolic OH excluding ortho intramolecular Hbond substituents is 1. The lowest BCUT2D eigenvalue weighted by molar-refractivity contribution is 0.432. The molecule has 0 unspecified atom stereocenters. The van der Waals surface area contributed by atoms with Crippen molar-refractivity contribution in [2.45, 2.75) is 20.3 Å². The van der Waals surface area contributed by atoms with Crippen molar-refractivity contribution < 1.29 is 9.50 Å². The highest BCUT2D eigenvalue weighted by atomic mass is 19.1. The number of aromatic hydroxyl groups is 1. The fourth-order valence-corrected chi connectivity index (χ4v) is 1.83. The fourth-order valence-electron chi connectivity index (χ4n) is 1.83. The second-order valence-electron chi connectivity index (χ2n) is 4.02. The van der Waals surface area contributed by atoms with Gasteiger partial charge in [0.1, 0.15) is 5.82 Å². The van der Waals surface area contributed by atoms with Crippen molar-refractivity contribution in [1.82, 2.24) is 9.97 Å². The molecule has 4 nitrogen and oxygen atoms in total. The molecular weight excluding hydrogens is 233 g/mol. The highest BCUT2D eigenvalue weighted by molar-refractivity contribution is 5.60. The molecule has 0 fully saturated rings. The number of phenols is 1. The van der Waals surface area contributed by atoms with Gasteiger partial charge in [-0.3, -0.25) is 0 Å². The molecule has 0 amide bonds. The van der Waals surface area contributed by atoms with E-state index in [9.17, 15) is 4.39 Å². The maximum absolute atomic E-state index is 13.3. The molecule has 94 valence electrons. The first-order chi connectivity index (χ1) is 8.52. The van der Waals surface area contributed by atoms with Crippen LogP contribution in [0.5, 0.6) is 5.75 Å². The summed E-state index contributed by atoms with van der Waals surface area (Å²) >= 11 is 0. The fraction of sp³-hybridized carbons (Fsp3) is 0.231. The number of nitrogens with zero attached hydrogens (tertiary/aromatic N) is 2. The lowest BCUT2D eigenvalue weighted by Gasteiger charge is -2.09. The van der Waals surface area contributed by atoms with E-state index in [-0.39, 0.29) is 0 Å². The smallest absolute Gasteiger partial charge is 0.165 e. The van der Waals surface area contributed by atoms with Crippen LogP contribution in [0.3, 0.4) is 0 Å². The van der Waals surface area contributed by atoms with E-state index in [1.165, 1.54) is 12.1 Å². The molecule has 1 aromatic heterocycles. The number of hydrogen-bond acceptors (Lipinski definition) is 4. The molecule has 0 bridgehead atoms. The molecule has 0 aliphatic heterocycles. The van der Waals surface area contributed by atoms with E-state index in [4.69, 9.17) is 10.8 Å². The Balaban J connectivity index is 2.54. The predicted octanol–water partition coefficient (Wildman–Crippen LogP) is 2.44. The zero-order chi connectivity index (χ0) is 13.3. The Hall–Kier alpha value is -2.17. The number of nitrogen functional groups attached to an aromatic ring is 1. The Labute approximate surface area is 104 Å². The van der Waals surface area contributed by atoms with E-state index in [0.717, 1.165) is 17.7 Å². The van der Waals surface area contributed by atoms with E-state index >= 15 is 0 Å². The molecule has 0 aliphatic carbocycles. The summed E-state index contributed by atoms with van der Waals surface area (Å²) in [6.07, 6.45) is 0.752. The summed E-state index contributed by atoms with van der Waals surface area (Å²) in [5, 5.41) is 9.14. The Morgan fingerprint density at radius 2 is 2.06 bits per heavy atom. The van der Waals surface area contributed by atoms with E-state index in [0.29, 0.717) is 17.2 Å². The van der Waals surface area contributed by atoms with Gasteiger partial charge in [-0.25, -0.2) is 14.4 Å². The molecule has 2 aromatic rings. The van der Waals surface area contributed by atoms with Crippen LogP contribution in [0.1, 0.15) is 18.2 Å². The van der Waals surface area contributed by atoms with Crippen molar-refractivity contribution in [3.05, 3.63) is 35.3 Å². The number of benzene rings is 1. The topological polar surface area (TPSA) is 72.0 Å². The molecule has 0 spiro atoms. The second kappa shape index (κ2) is 4.60. The van der Waals surface area contributed by atoms with E-state index in [1.54, 1.807) is 6.07 Å². The van der Waals surface area contributed by atoms with Gasteiger partial charge in [0.2, 0.25) is 0 Å². The Morgan fingerprint density at radius 1 is 1.33 bits per heavy atom. The molecule has 0 atom stereocenters. The minimum Gasteiger partial charge on any atom is -0.505 e. The van der Waals surface area contributed by atoms with Crippen LogP contribution in [0.2, 0.25) is 0 Å². The van der Waals surface area contributed by atoms with Crippen LogP contribution in [0.4, 0.5) is 10.2 Å². The van der Waals surface area contributed by atoms with Gasteiger partial charge in [0, 0.05) is 16.8 Å². The number of aromatic nitrogens is 2. The van der Waals surface area contributed by atoms with Crippen molar-refractivity contribution in [3.8, 4) is 17.1 Å². The molecule has 18 heavy (non-hydrogen) atoms. The second-order valence-corrected chi connectivity index (χ2v) is 4.02. The highest BCUT2D eigenvalue weighted by Gasteiger charge is 2.11. The molecule has 1 aromatic carbocycles. The summed E-state index contributed by atoms with van der Waals surface area (Å²) < 4.78 is 13.3. The average Bonchev–Trinajstić information content (AvgIpc) is 2.32. The van der Waals surface area contributed by atoms with Gasteiger partial charge in [0.15, 0.2) is 17.4 Å². The monoisotopic (exact) mass is 247 g/mol. The lowest BCUT2D eigenvalue weighted by atomic mass is 10.1. The van der Waals surface area contributed by atoms with Gasteiger partial charge in [-0.15, -0.1) is 0 Å². The van der Waals surface area contributed by atoms with Gasteiger partial charge in [-0.2, -0.15) is 0 Å². The quantitative estimate of drug-likeness (QED) is 0.855. The number of halogens is 1. The molecule has 1 heterocycles. The number of hydrogen-bond donors (Lipinski definition) is 2. The van der Waals surface area contributed by atoms with Crippen molar-refractivity contribution in [2.75, 3.05) is 5.73 Å². The van der Waals surface area contributed by atoms with Crippen LogP contribution < -0.4 is 5.73 Å². The van der Waals surface area contributed by atoms with Crippen LogP contribution >= 0.6 is 0 Å². The van der Waals surface area contributed by atoms with Crippen LogP contribution in [-0.4, -0.2) is 15.1 Å². The number of aryl methyl sites for hydroxylation is 1. The molecule has 3 N–H and O–H groups in total. The highest BCUT2D eigenvalue weighted by Crippen LogP contribution is 2.24.